The molecule has 2 aromatic carbocycles. The third-order valence-electron chi connectivity index (χ3n) is 11.5. The minimum atomic E-state index is -1.01. The molecule has 4 aromatic rings. The molecule has 0 aliphatic carbocycles. The number of carbonyl (C=O) groups excluding carboxylic acids is 4. The van der Waals surface area contributed by atoms with Crippen LogP contribution in [0.4, 0.5) is 17.6 Å². The molecule has 20 heteroatoms. The lowest BCUT2D eigenvalue weighted by Gasteiger charge is -2.41. The predicted octanol–water partition coefficient (Wildman–Crippen LogP) is 3.14. The lowest BCUT2D eigenvalue weighted by Crippen LogP contribution is -2.57. The third kappa shape index (κ3) is 7.82. The number of nitrogens with one attached hydrogen (secondary N) is 2. The molecule has 6 heterocycles. The first kappa shape index (κ1) is 43.0. The van der Waals surface area contributed by atoms with Crippen molar-refractivity contribution in [2.45, 2.75) is 77.8 Å². The first-order valence-electron chi connectivity index (χ1n) is 19.6. The van der Waals surface area contributed by atoms with Crippen molar-refractivity contribution in [3.63, 3.8) is 0 Å². The summed E-state index contributed by atoms with van der Waals surface area (Å²) < 4.78 is 56.4. The van der Waals surface area contributed by atoms with E-state index in [0.29, 0.717) is 12.1 Å². The Hall–Kier alpha value is -7.12. The van der Waals surface area contributed by atoms with Gasteiger partial charge >= 0.3 is 0 Å². The van der Waals surface area contributed by atoms with E-state index in [2.05, 4.69) is 10.6 Å². The van der Waals surface area contributed by atoms with E-state index >= 15 is 0 Å². The highest BCUT2D eigenvalue weighted by Crippen LogP contribution is 2.29. The van der Waals surface area contributed by atoms with Gasteiger partial charge in [0.2, 0.25) is 10.9 Å². The van der Waals surface area contributed by atoms with Gasteiger partial charge in [-0.2, -0.15) is 0 Å². The molecule has 4 atom stereocenters. The molecule has 0 unspecified atom stereocenters. The van der Waals surface area contributed by atoms with Crippen LogP contribution in [-0.2, 0) is 13.1 Å². The van der Waals surface area contributed by atoms with Crippen LogP contribution in [0.1, 0.15) is 93.4 Å². The molecular weight excluding hydrogens is 821 g/mol. The van der Waals surface area contributed by atoms with Crippen molar-refractivity contribution in [3.8, 4) is 11.5 Å². The van der Waals surface area contributed by atoms with E-state index < -0.39 is 74.8 Å². The summed E-state index contributed by atoms with van der Waals surface area (Å²) in [4.78, 5) is 79.6. The molecule has 62 heavy (non-hydrogen) atoms. The number of aromatic nitrogens is 2. The van der Waals surface area contributed by atoms with Crippen LogP contribution in [0.15, 0.2) is 70.5 Å². The molecule has 0 spiro atoms. The summed E-state index contributed by atoms with van der Waals surface area (Å²) in [6.45, 7) is 7.46. The SMILES string of the molecule is C[C@@H]1C=C[C@H](C)N2CN1n1cc(C(=O)NCc3ccc(F)cc3F)c(=O)c(O)c1C2=O.C[C@@H]1CC[C@H](C)N2CN1n1cc(C(=O)NCc3ccc(F)cc3F)c(=O)c(O)c1C2=O. The van der Waals surface area contributed by atoms with Crippen LogP contribution < -0.4 is 31.5 Å². The number of rotatable bonds is 6. The average molecular weight is 863 g/mol. The highest BCUT2D eigenvalue weighted by molar-refractivity contribution is 6.00. The number of carbonyl (C=O) groups is 4. The summed E-state index contributed by atoms with van der Waals surface area (Å²) in [7, 11) is 0. The Morgan fingerprint density at radius 1 is 0.629 bits per heavy atom. The van der Waals surface area contributed by atoms with Crippen molar-refractivity contribution < 1.29 is 47.0 Å². The highest BCUT2D eigenvalue weighted by atomic mass is 19.1. The van der Waals surface area contributed by atoms with Gasteiger partial charge < -0.3 is 30.6 Å². The molecule has 2 aromatic heterocycles. The Bertz CT molecular complexity index is 2650. The molecular formula is C42H42F4N8O8. The van der Waals surface area contributed by atoms with Crippen molar-refractivity contribution in [2.75, 3.05) is 23.4 Å². The first-order chi connectivity index (χ1) is 29.4. The lowest BCUT2D eigenvalue weighted by molar-refractivity contribution is 0.0625. The average Bonchev–Trinajstić information content (AvgIpc) is 3.45. The Morgan fingerprint density at radius 2 is 1.06 bits per heavy atom. The molecule has 4 aliphatic rings. The molecule has 16 nitrogen and oxygen atoms in total. The summed E-state index contributed by atoms with van der Waals surface area (Å²) in [5.74, 6) is -7.51. The number of hydrogen-bond donors (Lipinski definition) is 4. The number of halogens is 4. The fourth-order valence-electron chi connectivity index (χ4n) is 7.67. The highest BCUT2D eigenvalue weighted by Gasteiger charge is 2.41. The van der Waals surface area contributed by atoms with E-state index in [1.165, 1.54) is 38.8 Å². The van der Waals surface area contributed by atoms with Crippen molar-refractivity contribution in [2.24, 2.45) is 0 Å². The molecule has 0 radical (unpaired) electrons. The minimum absolute atomic E-state index is 0.00887. The van der Waals surface area contributed by atoms with Gasteiger partial charge in [0.25, 0.3) is 23.6 Å². The zero-order valence-corrected chi connectivity index (χ0v) is 33.9. The normalized spacial score (nSPS) is 20.1. The van der Waals surface area contributed by atoms with E-state index in [4.69, 9.17) is 0 Å². The molecule has 0 saturated carbocycles. The van der Waals surface area contributed by atoms with Gasteiger partial charge in [0.15, 0.2) is 22.9 Å². The quantitative estimate of drug-likeness (QED) is 0.166. The van der Waals surface area contributed by atoms with E-state index in [-0.39, 0.29) is 78.7 Å². The molecule has 4 aliphatic heterocycles. The smallest absolute Gasteiger partial charge is 0.278 e. The summed E-state index contributed by atoms with van der Waals surface area (Å²) in [5, 5.41) is 29.4. The number of amides is 4. The summed E-state index contributed by atoms with van der Waals surface area (Å²) in [5.41, 5.74) is -3.11. The second-order valence-corrected chi connectivity index (χ2v) is 15.5. The molecule has 8 rings (SSSR count). The predicted molar refractivity (Wildman–Crippen MR) is 215 cm³/mol. The van der Waals surface area contributed by atoms with Gasteiger partial charge in [0.1, 0.15) is 47.7 Å². The summed E-state index contributed by atoms with van der Waals surface area (Å²) in [6, 6.07) is 5.37. The largest absolute Gasteiger partial charge is 0.502 e. The zero-order chi connectivity index (χ0) is 44.9. The van der Waals surface area contributed by atoms with Gasteiger partial charge in [-0.15, -0.1) is 0 Å². The Morgan fingerprint density at radius 3 is 1.56 bits per heavy atom. The maximum absolute atomic E-state index is 13.8. The van der Waals surface area contributed by atoms with Crippen LogP contribution in [-0.4, -0.2) is 90.5 Å². The van der Waals surface area contributed by atoms with Crippen LogP contribution in [0.2, 0.25) is 0 Å². The summed E-state index contributed by atoms with van der Waals surface area (Å²) in [6.07, 6.45) is 7.72. The van der Waals surface area contributed by atoms with Crippen LogP contribution in [0, 0.1) is 23.3 Å². The van der Waals surface area contributed by atoms with Gasteiger partial charge in [-0.25, -0.2) is 17.6 Å². The second kappa shape index (κ2) is 16.7. The number of fused-ring (bicyclic) bond motifs is 8. The summed E-state index contributed by atoms with van der Waals surface area (Å²) >= 11 is 0. The molecule has 1 fully saturated rings. The standard InChI is InChI=1S/C21H22F2N4O4.C21H20F2N4O4/c2*1-11-3-4-12(2)27-10-25(11)21(31)17-19(29)18(28)15(9-26(17)27)20(30)24-8-13-5-6-14(22)7-16(13)23/h5-7,9,11-12,29H,3-4,8,10H2,1-2H3,(H,24,30);3-7,9,11-12,29H,8,10H2,1-2H3,(H,24,30)/t2*11-,12+/m00/s1. The maximum Gasteiger partial charge on any atom is 0.278 e. The fourth-order valence-corrected chi connectivity index (χ4v) is 7.67. The molecule has 4 amide bonds. The second-order valence-electron chi connectivity index (χ2n) is 15.5. The Balaban J connectivity index is 0.000000186. The molecule has 4 bridgehead atoms. The molecule has 326 valence electrons. The fraction of sp³-hybridized carbons (Fsp3) is 0.333. The minimum Gasteiger partial charge on any atom is -0.502 e. The van der Waals surface area contributed by atoms with Gasteiger partial charge in [0.05, 0.1) is 6.04 Å². The van der Waals surface area contributed by atoms with Crippen molar-refractivity contribution in [1.82, 2.24) is 29.8 Å². The van der Waals surface area contributed by atoms with Crippen LogP contribution in [0.3, 0.4) is 0 Å². The Labute approximate surface area is 350 Å². The van der Waals surface area contributed by atoms with Gasteiger partial charge in [-0.1, -0.05) is 24.3 Å². The van der Waals surface area contributed by atoms with Gasteiger partial charge in [-0.05, 0) is 52.7 Å². The number of hydrogen-bond acceptors (Lipinski definition) is 10. The van der Waals surface area contributed by atoms with E-state index in [0.717, 1.165) is 25.0 Å². The molecule has 1 saturated heterocycles. The van der Waals surface area contributed by atoms with Crippen molar-refractivity contribution in [1.29, 1.82) is 0 Å². The van der Waals surface area contributed by atoms with Crippen LogP contribution in [0.5, 0.6) is 11.5 Å². The van der Waals surface area contributed by atoms with E-state index in [1.54, 1.807) is 9.91 Å². The van der Waals surface area contributed by atoms with Gasteiger partial charge in [0, 0.05) is 66.9 Å². The van der Waals surface area contributed by atoms with E-state index in [9.17, 15) is 56.5 Å². The van der Waals surface area contributed by atoms with Crippen LogP contribution >= 0.6 is 0 Å². The zero-order valence-electron chi connectivity index (χ0n) is 33.9. The first-order valence-corrected chi connectivity index (χ1v) is 19.6. The number of nitrogens with zero attached hydrogens (tertiary/aromatic N) is 6. The van der Waals surface area contributed by atoms with Crippen LogP contribution in [0.25, 0.3) is 0 Å². The third-order valence-corrected chi connectivity index (χ3v) is 11.5. The van der Waals surface area contributed by atoms with Crippen molar-refractivity contribution in [3.05, 3.63) is 138 Å². The topological polar surface area (TPSA) is 190 Å². The van der Waals surface area contributed by atoms with E-state index in [1.807, 2.05) is 44.9 Å². The number of pyridine rings is 2. The Kier molecular flexibility index (Phi) is 11.6. The maximum atomic E-state index is 13.8. The van der Waals surface area contributed by atoms with Gasteiger partial charge in [-0.3, -0.25) is 48.1 Å². The molecule has 4 N–H and O–H groups in total. The number of aromatic hydroxyl groups is 2. The lowest BCUT2D eigenvalue weighted by atomic mass is 10.1. The van der Waals surface area contributed by atoms with Crippen molar-refractivity contribution >= 4 is 23.6 Å². The number of benzene rings is 2. The monoisotopic (exact) mass is 862 g/mol.